The van der Waals surface area contributed by atoms with Crippen LogP contribution in [0.4, 0.5) is 5.69 Å². The lowest BCUT2D eigenvalue weighted by molar-refractivity contribution is -0.116. The molecule has 206 valence electrons. The highest BCUT2D eigenvalue weighted by Gasteiger charge is 2.36. The summed E-state index contributed by atoms with van der Waals surface area (Å²) in [4.78, 5) is 38.3. The van der Waals surface area contributed by atoms with E-state index in [-0.39, 0.29) is 28.6 Å². The van der Waals surface area contributed by atoms with Crippen molar-refractivity contribution in [3.8, 4) is 28.2 Å². The molecule has 2 atom stereocenters. The lowest BCUT2D eigenvalue weighted by atomic mass is 9.99. The summed E-state index contributed by atoms with van der Waals surface area (Å²) >= 11 is 19.0. The average molecular weight is 608 g/mol. The van der Waals surface area contributed by atoms with Crippen LogP contribution in [0.25, 0.3) is 28.2 Å². The molecule has 0 saturated heterocycles. The molecule has 2 aliphatic rings. The molecule has 3 aromatic heterocycles. The molecule has 7 rings (SSSR count). The Morgan fingerprint density at radius 3 is 2.66 bits per heavy atom. The van der Waals surface area contributed by atoms with Gasteiger partial charge >= 0.3 is 0 Å². The standard InChI is InChI=1S/C28H21Cl3N8O2/c1-13-8-22-32-19(17-10-16(29)4-6-20(17)38-12-21(30)36-37-38)11-24(41)39(22)26(13)28-34-25(27(31)35-28)15-2-5-18-14(9-15)3-7-23(40)33-18/h2,4-6,9-13,26H,3,7-8H2,1H3,(H,33,40)(H,34,35)/t13-,26-/m0/s1. The fourth-order valence-corrected chi connectivity index (χ4v) is 6.22. The highest BCUT2D eigenvalue weighted by molar-refractivity contribution is 6.32. The minimum atomic E-state index is -0.379. The SMILES string of the molecule is C[C@H]1Cc2nc(-c3cc(Cl)ccc3-n3cc(Cl)nn3)cc(=O)n2[C@@H]1c1nc(Cl)c(-c2ccc3c(c2)CCC(=O)N3)[nH]1. The molecule has 41 heavy (non-hydrogen) atoms. The second-order valence-electron chi connectivity index (χ2n) is 10.2. The molecule has 0 radical (unpaired) electrons. The Labute approximate surface area is 248 Å². The number of hydrogen-bond donors (Lipinski definition) is 2. The van der Waals surface area contributed by atoms with Crippen molar-refractivity contribution in [3.63, 3.8) is 0 Å². The van der Waals surface area contributed by atoms with Gasteiger partial charge < -0.3 is 10.3 Å². The number of benzene rings is 2. The maximum Gasteiger partial charge on any atom is 0.254 e. The molecule has 5 heterocycles. The third-order valence-electron chi connectivity index (χ3n) is 7.54. The number of carbonyl (C=O) groups excluding carboxylic acids is 1. The third-order valence-corrected chi connectivity index (χ3v) is 8.22. The molecule has 1 amide bonds. The van der Waals surface area contributed by atoms with Crippen LogP contribution in [-0.4, -0.2) is 40.4 Å². The topological polar surface area (TPSA) is 123 Å². The highest BCUT2D eigenvalue weighted by Crippen LogP contribution is 2.38. The van der Waals surface area contributed by atoms with Crippen LogP contribution in [-0.2, 0) is 17.6 Å². The summed E-state index contributed by atoms with van der Waals surface area (Å²) in [5.74, 6) is 1.25. The number of aromatic amines is 1. The number of anilines is 1. The normalized spacial score (nSPS) is 17.8. The second-order valence-corrected chi connectivity index (χ2v) is 11.4. The van der Waals surface area contributed by atoms with E-state index in [0.29, 0.717) is 63.7 Å². The Hall–Kier alpha value is -3.99. The van der Waals surface area contributed by atoms with Gasteiger partial charge in [-0.05, 0) is 48.2 Å². The zero-order valence-corrected chi connectivity index (χ0v) is 23.8. The van der Waals surface area contributed by atoms with Gasteiger partial charge in [0.2, 0.25) is 5.91 Å². The molecule has 5 aromatic rings. The van der Waals surface area contributed by atoms with Crippen molar-refractivity contribution in [3.05, 3.63) is 91.6 Å². The number of aryl methyl sites for hydroxylation is 1. The van der Waals surface area contributed by atoms with Crippen molar-refractivity contribution in [2.75, 3.05) is 5.32 Å². The van der Waals surface area contributed by atoms with E-state index in [9.17, 15) is 9.59 Å². The van der Waals surface area contributed by atoms with Gasteiger partial charge in [-0.1, -0.05) is 53.0 Å². The summed E-state index contributed by atoms with van der Waals surface area (Å²) in [5.41, 5.74) is 4.88. The van der Waals surface area contributed by atoms with E-state index in [2.05, 4.69) is 32.5 Å². The van der Waals surface area contributed by atoms with Gasteiger partial charge in [0.05, 0.1) is 29.3 Å². The Morgan fingerprint density at radius 2 is 1.85 bits per heavy atom. The van der Waals surface area contributed by atoms with Crippen molar-refractivity contribution < 1.29 is 4.79 Å². The summed E-state index contributed by atoms with van der Waals surface area (Å²) in [6, 6.07) is 12.1. The first-order chi connectivity index (χ1) is 19.7. The predicted octanol–water partition coefficient (Wildman–Crippen LogP) is 5.51. The molecule has 0 saturated carbocycles. The Balaban J connectivity index is 1.27. The second kappa shape index (κ2) is 9.83. The quantitative estimate of drug-likeness (QED) is 0.278. The number of rotatable bonds is 4. The lowest BCUT2D eigenvalue weighted by Crippen LogP contribution is -2.26. The molecule has 13 heteroatoms. The molecule has 2 N–H and O–H groups in total. The summed E-state index contributed by atoms with van der Waals surface area (Å²) < 4.78 is 3.19. The molecule has 2 aliphatic heterocycles. The largest absolute Gasteiger partial charge is 0.339 e. The van der Waals surface area contributed by atoms with E-state index >= 15 is 0 Å². The van der Waals surface area contributed by atoms with Crippen LogP contribution in [0.15, 0.2) is 53.5 Å². The number of halogens is 3. The monoisotopic (exact) mass is 606 g/mol. The zero-order valence-electron chi connectivity index (χ0n) is 21.5. The van der Waals surface area contributed by atoms with Crippen molar-refractivity contribution in [1.29, 1.82) is 0 Å². The number of H-pyrrole nitrogens is 1. The first kappa shape index (κ1) is 25.9. The lowest BCUT2D eigenvalue weighted by Gasteiger charge is -2.17. The number of carbonyl (C=O) groups is 1. The first-order valence-electron chi connectivity index (χ1n) is 12.9. The molecule has 0 unspecified atom stereocenters. The molecule has 0 bridgehead atoms. The van der Waals surface area contributed by atoms with E-state index in [1.165, 1.54) is 10.7 Å². The Bertz CT molecular complexity index is 1930. The number of imidazole rings is 1. The number of aromatic nitrogens is 7. The highest BCUT2D eigenvalue weighted by atomic mass is 35.5. The van der Waals surface area contributed by atoms with Crippen LogP contribution in [0.3, 0.4) is 0 Å². The Kier molecular flexibility index (Phi) is 6.22. The van der Waals surface area contributed by atoms with Gasteiger partial charge in [0.1, 0.15) is 11.6 Å². The molecule has 2 aromatic carbocycles. The van der Waals surface area contributed by atoms with E-state index in [0.717, 1.165) is 16.8 Å². The maximum absolute atomic E-state index is 13.6. The molecule has 0 fully saturated rings. The summed E-state index contributed by atoms with van der Waals surface area (Å²) in [7, 11) is 0. The molecular weight excluding hydrogens is 587 g/mol. The molecule has 0 aliphatic carbocycles. The van der Waals surface area contributed by atoms with E-state index < -0.39 is 0 Å². The van der Waals surface area contributed by atoms with Gasteiger partial charge in [-0.3, -0.25) is 14.2 Å². The number of fused-ring (bicyclic) bond motifs is 2. The number of nitrogens with zero attached hydrogens (tertiary/aromatic N) is 6. The minimum absolute atomic E-state index is 0.0117. The predicted molar refractivity (Wildman–Crippen MR) is 156 cm³/mol. The number of hydrogen-bond acceptors (Lipinski definition) is 6. The van der Waals surface area contributed by atoms with Gasteiger partial charge in [0.15, 0.2) is 10.3 Å². The van der Waals surface area contributed by atoms with Gasteiger partial charge in [0, 0.05) is 40.7 Å². The first-order valence-corrected chi connectivity index (χ1v) is 14.1. The summed E-state index contributed by atoms with van der Waals surface area (Å²) in [6.45, 7) is 2.05. The summed E-state index contributed by atoms with van der Waals surface area (Å²) in [6.07, 6.45) is 3.23. The zero-order chi connectivity index (χ0) is 28.4. The van der Waals surface area contributed by atoms with Crippen molar-refractivity contribution in [2.45, 2.75) is 32.2 Å². The van der Waals surface area contributed by atoms with E-state index in [4.69, 9.17) is 39.8 Å². The Morgan fingerprint density at radius 1 is 1.00 bits per heavy atom. The van der Waals surface area contributed by atoms with E-state index in [1.807, 2.05) is 18.2 Å². The fraction of sp³-hybridized carbons (Fsp3) is 0.214. The van der Waals surface area contributed by atoms with Gasteiger partial charge in [0.25, 0.3) is 5.56 Å². The number of amides is 1. The smallest absolute Gasteiger partial charge is 0.254 e. The van der Waals surface area contributed by atoms with Gasteiger partial charge in [-0.2, -0.15) is 0 Å². The van der Waals surface area contributed by atoms with Crippen LogP contribution in [0, 0.1) is 5.92 Å². The maximum atomic E-state index is 13.6. The third kappa shape index (κ3) is 4.52. The minimum Gasteiger partial charge on any atom is -0.339 e. The van der Waals surface area contributed by atoms with Crippen molar-refractivity contribution in [1.82, 2.24) is 34.5 Å². The van der Waals surface area contributed by atoms with Crippen molar-refractivity contribution >= 4 is 46.4 Å². The van der Waals surface area contributed by atoms with Crippen LogP contribution in [0.2, 0.25) is 15.3 Å². The number of nitrogens with one attached hydrogen (secondary N) is 2. The molecule has 10 nitrogen and oxygen atoms in total. The van der Waals surface area contributed by atoms with Crippen LogP contribution < -0.4 is 10.9 Å². The fourth-order valence-electron chi connectivity index (χ4n) is 5.68. The van der Waals surface area contributed by atoms with Gasteiger partial charge in [-0.25, -0.2) is 14.6 Å². The van der Waals surface area contributed by atoms with Crippen LogP contribution in [0.1, 0.15) is 36.6 Å². The van der Waals surface area contributed by atoms with Crippen molar-refractivity contribution in [2.24, 2.45) is 5.92 Å². The van der Waals surface area contributed by atoms with Crippen LogP contribution in [0.5, 0.6) is 0 Å². The average Bonchev–Trinajstić information content (AvgIpc) is 3.64. The van der Waals surface area contributed by atoms with E-state index in [1.54, 1.807) is 29.0 Å². The summed E-state index contributed by atoms with van der Waals surface area (Å²) in [5, 5.41) is 11.9. The molecular formula is C28H21Cl3N8O2. The molecule has 0 spiro atoms. The van der Waals surface area contributed by atoms with Gasteiger partial charge in [-0.15, -0.1) is 5.10 Å². The van der Waals surface area contributed by atoms with Crippen LogP contribution >= 0.6 is 34.8 Å².